The zero-order valence-corrected chi connectivity index (χ0v) is 19.3. The molecule has 2 heterocycles. The average molecular weight is 445 g/mol. The van der Waals surface area contributed by atoms with Crippen LogP contribution in [-0.2, 0) is 22.6 Å². The first-order valence-corrected chi connectivity index (χ1v) is 10.8. The van der Waals surface area contributed by atoms with E-state index in [-0.39, 0.29) is 11.8 Å². The largest absolute Gasteiger partial charge is 0.461 e. The first-order chi connectivity index (χ1) is 15.7. The molecule has 0 spiro atoms. The number of fused-ring (bicyclic) bond motifs is 1. The van der Waals surface area contributed by atoms with Gasteiger partial charge in [-0.05, 0) is 53.9 Å². The summed E-state index contributed by atoms with van der Waals surface area (Å²) >= 11 is 0. The molecule has 0 saturated heterocycles. The van der Waals surface area contributed by atoms with Gasteiger partial charge in [-0.15, -0.1) is 0 Å². The van der Waals surface area contributed by atoms with E-state index in [1.807, 2.05) is 73.6 Å². The lowest BCUT2D eigenvalue weighted by Gasteiger charge is -2.22. The van der Waals surface area contributed by atoms with Gasteiger partial charge < -0.3 is 20.3 Å². The minimum atomic E-state index is -1.04. The fraction of sp³-hybridized carbons (Fsp3) is 0.269. The maximum Gasteiger partial charge on any atom is 0.264 e. The van der Waals surface area contributed by atoms with Crippen LogP contribution in [-0.4, -0.2) is 36.5 Å². The van der Waals surface area contributed by atoms with Crippen molar-refractivity contribution in [2.24, 2.45) is 0 Å². The Balaban J connectivity index is 1.47. The second-order valence-electron chi connectivity index (χ2n) is 8.65. The molecular weight excluding hydrogens is 416 g/mol. The van der Waals surface area contributed by atoms with Crippen LogP contribution in [0.25, 0.3) is 11.1 Å². The summed E-state index contributed by atoms with van der Waals surface area (Å²) in [5, 5.41) is 5.77. The molecule has 0 bridgehead atoms. The van der Waals surface area contributed by atoms with Crippen LogP contribution in [0.15, 0.2) is 60.8 Å². The Morgan fingerprint density at radius 2 is 1.76 bits per heavy atom. The topological polar surface area (TPSA) is 83.6 Å². The predicted molar refractivity (Wildman–Crippen MR) is 129 cm³/mol. The molecule has 2 N–H and O–H groups in total. The Morgan fingerprint density at radius 1 is 1.06 bits per heavy atom. The molecule has 1 aromatic heterocycles. The van der Waals surface area contributed by atoms with Crippen LogP contribution in [0.3, 0.4) is 0 Å². The highest BCUT2D eigenvalue weighted by molar-refractivity contribution is 5.89. The summed E-state index contributed by atoms with van der Waals surface area (Å²) in [6, 6.07) is 17.6. The van der Waals surface area contributed by atoms with E-state index in [0.29, 0.717) is 18.8 Å². The number of hydrogen-bond acceptors (Lipinski definition) is 5. The van der Waals surface area contributed by atoms with Crippen LogP contribution in [0.5, 0.6) is 5.88 Å². The standard InChI is InChI=1S/C26H28N4O3/c1-17(31)29-20-9-7-19(8-10-20)22-13-14-27-24-23(22)15-26(2,33-24)25(32)28-16-18-5-11-21(12-6-18)30(3)4/h5-14H,15-16H2,1-4H3,(H,28,32)(H,29,31). The molecule has 1 atom stereocenters. The van der Waals surface area contributed by atoms with E-state index in [9.17, 15) is 9.59 Å². The van der Waals surface area contributed by atoms with Gasteiger partial charge in [-0.25, -0.2) is 4.98 Å². The van der Waals surface area contributed by atoms with Crippen LogP contribution < -0.4 is 20.3 Å². The number of rotatable bonds is 6. The van der Waals surface area contributed by atoms with Gasteiger partial charge in [-0.3, -0.25) is 9.59 Å². The zero-order chi connectivity index (χ0) is 23.6. The maximum absolute atomic E-state index is 13.1. The Bertz CT molecular complexity index is 1170. The molecule has 7 heteroatoms. The molecule has 0 fully saturated rings. The van der Waals surface area contributed by atoms with Gasteiger partial charge in [0.2, 0.25) is 11.8 Å². The number of aromatic nitrogens is 1. The smallest absolute Gasteiger partial charge is 0.264 e. The number of carbonyl (C=O) groups is 2. The lowest BCUT2D eigenvalue weighted by molar-refractivity contribution is -0.134. The molecule has 1 aliphatic heterocycles. The summed E-state index contributed by atoms with van der Waals surface area (Å²) in [7, 11) is 3.98. The van der Waals surface area contributed by atoms with E-state index in [1.165, 1.54) is 6.92 Å². The average Bonchev–Trinajstić information content (AvgIpc) is 3.15. The van der Waals surface area contributed by atoms with Crippen LogP contribution in [0.4, 0.5) is 11.4 Å². The Hall–Kier alpha value is -3.87. The summed E-state index contributed by atoms with van der Waals surface area (Å²) < 4.78 is 6.05. The molecule has 33 heavy (non-hydrogen) atoms. The Morgan fingerprint density at radius 3 is 2.39 bits per heavy atom. The second kappa shape index (κ2) is 8.94. The van der Waals surface area contributed by atoms with Gasteiger partial charge in [0.15, 0.2) is 5.60 Å². The number of nitrogens with zero attached hydrogens (tertiary/aromatic N) is 2. The number of pyridine rings is 1. The highest BCUT2D eigenvalue weighted by atomic mass is 16.5. The van der Waals surface area contributed by atoms with Crippen LogP contribution in [0.2, 0.25) is 0 Å². The number of benzene rings is 2. The number of carbonyl (C=O) groups excluding carboxylic acids is 2. The van der Waals surface area contributed by atoms with Crippen molar-refractivity contribution < 1.29 is 14.3 Å². The third-order valence-corrected chi connectivity index (χ3v) is 5.75. The number of ether oxygens (including phenoxy) is 1. The quantitative estimate of drug-likeness (QED) is 0.605. The molecule has 2 aromatic carbocycles. The lowest BCUT2D eigenvalue weighted by Crippen LogP contribution is -2.47. The number of anilines is 2. The summed E-state index contributed by atoms with van der Waals surface area (Å²) in [5.41, 5.74) is 4.66. The van der Waals surface area contributed by atoms with Crippen LogP contribution in [0.1, 0.15) is 25.0 Å². The van der Waals surface area contributed by atoms with Gasteiger partial charge >= 0.3 is 0 Å². The van der Waals surface area contributed by atoms with E-state index in [1.54, 1.807) is 13.1 Å². The molecule has 170 valence electrons. The molecule has 0 aliphatic carbocycles. The molecular formula is C26H28N4O3. The molecule has 1 unspecified atom stereocenters. The first kappa shape index (κ1) is 22.3. The minimum absolute atomic E-state index is 0.114. The van der Waals surface area contributed by atoms with Crippen LogP contribution in [0, 0.1) is 0 Å². The van der Waals surface area contributed by atoms with E-state index in [0.717, 1.165) is 33.6 Å². The zero-order valence-electron chi connectivity index (χ0n) is 19.3. The SMILES string of the molecule is CC(=O)Nc1ccc(-c2ccnc3c2CC(C)(C(=O)NCc2ccc(N(C)C)cc2)O3)cc1. The van der Waals surface area contributed by atoms with Crippen molar-refractivity contribution >= 4 is 23.2 Å². The van der Waals surface area contributed by atoms with Crippen molar-refractivity contribution in [1.29, 1.82) is 0 Å². The summed E-state index contributed by atoms with van der Waals surface area (Å²) in [5.74, 6) is 0.187. The van der Waals surface area contributed by atoms with Crippen molar-refractivity contribution in [3.05, 3.63) is 71.9 Å². The van der Waals surface area contributed by atoms with E-state index >= 15 is 0 Å². The van der Waals surface area contributed by atoms with Crippen LogP contribution >= 0.6 is 0 Å². The van der Waals surface area contributed by atoms with Gasteiger partial charge in [0.25, 0.3) is 5.91 Å². The fourth-order valence-electron chi connectivity index (χ4n) is 3.93. The maximum atomic E-state index is 13.1. The third-order valence-electron chi connectivity index (χ3n) is 5.75. The van der Waals surface area contributed by atoms with Crippen molar-refractivity contribution in [2.75, 3.05) is 24.3 Å². The third kappa shape index (κ3) is 4.82. The van der Waals surface area contributed by atoms with Gasteiger partial charge in [0.1, 0.15) is 0 Å². The number of nitrogens with one attached hydrogen (secondary N) is 2. The minimum Gasteiger partial charge on any atom is -0.461 e. The molecule has 0 radical (unpaired) electrons. The van der Waals surface area contributed by atoms with Gasteiger partial charge in [-0.1, -0.05) is 24.3 Å². The lowest BCUT2D eigenvalue weighted by atomic mass is 9.93. The highest BCUT2D eigenvalue weighted by Crippen LogP contribution is 2.39. The van der Waals surface area contributed by atoms with Gasteiger partial charge in [0, 0.05) is 57.1 Å². The number of hydrogen-bond donors (Lipinski definition) is 2. The second-order valence-corrected chi connectivity index (χ2v) is 8.65. The molecule has 1 aliphatic rings. The Kier molecular flexibility index (Phi) is 6.05. The highest BCUT2D eigenvalue weighted by Gasteiger charge is 2.43. The van der Waals surface area contributed by atoms with Crippen molar-refractivity contribution in [1.82, 2.24) is 10.3 Å². The number of amides is 2. The monoisotopic (exact) mass is 444 g/mol. The fourth-order valence-corrected chi connectivity index (χ4v) is 3.93. The predicted octanol–water partition coefficient (Wildman–Crippen LogP) is 3.78. The van der Waals surface area contributed by atoms with E-state index < -0.39 is 5.60 Å². The van der Waals surface area contributed by atoms with Gasteiger partial charge in [-0.2, -0.15) is 0 Å². The molecule has 2 amide bonds. The van der Waals surface area contributed by atoms with E-state index in [2.05, 4.69) is 15.6 Å². The van der Waals surface area contributed by atoms with Crippen molar-refractivity contribution in [2.45, 2.75) is 32.4 Å². The summed E-state index contributed by atoms with van der Waals surface area (Å²) in [4.78, 5) is 30.7. The summed E-state index contributed by atoms with van der Waals surface area (Å²) in [6.45, 7) is 3.70. The van der Waals surface area contributed by atoms with Crippen molar-refractivity contribution in [3.8, 4) is 17.0 Å². The van der Waals surface area contributed by atoms with Gasteiger partial charge in [0.05, 0.1) is 0 Å². The first-order valence-electron chi connectivity index (χ1n) is 10.8. The Labute approximate surface area is 193 Å². The molecule has 4 rings (SSSR count). The molecule has 7 nitrogen and oxygen atoms in total. The molecule has 0 saturated carbocycles. The van der Waals surface area contributed by atoms with Crippen molar-refractivity contribution in [3.63, 3.8) is 0 Å². The molecule has 3 aromatic rings. The van der Waals surface area contributed by atoms with E-state index in [4.69, 9.17) is 4.74 Å². The normalized spacial score (nSPS) is 16.5. The summed E-state index contributed by atoms with van der Waals surface area (Å²) in [6.07, 6.45) is 2.11.